The Morgan fingerprint density at radius 3 is 1.59 bits per heavy atom. The monoisotopic (exact) mass is 830 g/mol. The molecule has 2 fully saturated rings. The van der Waals surface area contributed by atoms with Crippen molar-refractivity contribution in [2.45, 2.75) is 87.5 Å². The fourth-order valence-electron chi connectivity index (χ4n) is 6.70. The van der Waals surface area contributed by atoms with Gasteiger partial charge in [0.15, 0.2) is 25.1 Å². The summed E-state index contributed by atoms with van der Waals surface area (Å²) in [7, 11) is 0. The van der Waals surface area contributed by atoms with Gasteiger partial charge in [-0.2, -0.15) is 0 Å². The Hall–Kier alpha value is -5.93. The second-order valence-electron chi connectivity index (χ2n) is 14.1. The van der Waals surface area contributed by atoms with Gasteiger partial charge in [-0.05, 0) is 84.4 Å². The highest BCUT2D eigenvalue weighted by molar-refractivity contribution is 7.99. The van der Waals surface area contributed by atoms with E-state index < -0.39 is 9.85 Å². The fourth-order valence-corrected chi connectivity index (χ4v) is 7.69. The van der Waals surface area contributed by atoms with Crippen molar-refractivity contribution in [3.8, 4) is 0 Å². The number of aromatic nitrogens is 8. The molecule has 0 radical (unpaired) electrons. The van der Waals surface area contributed by atoms with Crippen molar-refractivity contribution in [1.29, 1.82) is 0 Å². The average molecular weight is 831 g/mol. The van der Waals surface area contributed by atoms with Gasteiger partial charge in [0.05, 0.1) is 19.6 Å². The maximum absolute atomic E-state index is 13.2. The van der Waals surface area contributed by atoms with Gasteiger partial charge >= 0.3 is 0 Å². The summed E-state index contributed by atoms with van der Waals surface area (Å²) in [4.78, 5) is 56.1. The van der Waals surface area contributed by atoms with Gasteiger partial charge < -0.3 is 19.3 Å². The fraction of sp³-hybridized carbons (Fsp3) is 0.474. The van der Waals surface area contributed by atoms with Crippen molar-refractivity contribution in [3.63, 3.8) is 0 Å². The summed E-state index contributed by atoms with van der Waals surface area (Å²) in [6.45, 7) is 7.50. The van der Waals surface area contributed by atoms with Gasteiger partial charge in [0.2, 0.25) is 11.8 Å². The molecule has 312 valence electrons. The van der Waals surface area contributed by atoms with E-state index in [4.69, 9.17) is 9.47 Å². The first-order valence-electron chi connectivity index (χ1n) is 19.5. The molecule has 2 aliphatic heterocycles. The van der Waals surface area contributed by atoms with E-state index in [1.165, 1.54) is 58.2 Å². The first kappa shape index (κ1) is 42.7. The number of carbonyl (C=O) groups excluding carboxylic acids is 2. The molecule has 20 nitrogen and oxygen atoms in total. The third-order valence-electron chi connectivity index (χ3n) is 9.66. The van der Waals surface area contributed by atoms with Gasteiger partial charge in [-0.3, -0.25) is 29.8 Å². The lowest BCUT2D eigenvalue weighted by Crippen LogP contribution is -2.38. The van der Waals surface area contributed by atoms with Crippen LogP contribution in [0.15, 0.2) is 58.3 Å². The van der Waals surface area contributed by atoms with Gasteiger partial charge in [0, 0.05) is 75.5 Å². The lowest BCUT2D eigenvalue weighted by molar-refractivity contribution is -0.388. The lowest BCUT2D eigenvalue weighted by Gasteiger charge is -2.30. The standard InChI is InChI=1S/C38H46N12O8S/c1-3-19-57-25-47-41-37(39-43-47)29-7-5-17-45(23-29)35(51)15-11-27-9-13-33(31(21-27)49(53)54)59-34-14-10-28(22-32(34)50(55)56)12-16-36(52)46-18-6-8-30(24-46)38-40-44-48(42-38)26-58-20-4-2/h9-16,21-22,29-30H,3-8,17-20,23-26H2,1-2H3/b15-11+,16-12+. The summed E-state index contributed by atoms with van der Waals surface area (Å²) >= 11 is 0.885. The van der Waals surface area contributed by atoms with E-state index in [0.717, 1.165) is 50.3 Å². The first-order chi connectivity index (χ1) is 28.6. The van der Waals surface area contributed by atoms with Crippen molar-refractivity contribution < 1.29 is 28.9 Å². The highest BCUT2D eigenvalue weighted by Crippen LogP contribution is 2.40. The summed E-state index contributed by atoms with van der Waals surface area (Å²) < 4.78 is 10.9. The molecule has 0 aliphatic carbocycles. The van der Waals surface area contributed by atoms with Crippen molar-refractivity contribution in [2.24, 2.45) is 0 Å². The number of rotatable bonds is 18. The molecule has 4 heterocycles. The molecule has 0 N–H and O–H groups in total. The Morgan fingerprint density at radius 2 is 1.19 bits per heavy atom. The molecule has 2 aromatic heterocycles. The minimum Gasteiger partial charge on any atom is -0.357 e. The Kier molecular flexibility index (Phi) is 14.9. The molecule has 2 atom stereocenters. The number of nitro benzene ring substituents is 2. The molecule has 2 aromatic carbocycles. The van der Waals surface area contributed by atoms with Crippen LogP contribution in [0, 0.1) is 20.2 Å². The molecular weight excluding hydrogens is 785 g/mol. The third kappa shape index (κ3) is 11.6. The van der Waals surface area contributed by atoms with E-state index in [2.05, 4.69) is 30.8 Å². The van der Waals surface area contributed by atoms with Crippen LogP contribution in [0.25, 0.3) is 12.2 Å². The van der Waals surface area contributed by atoms with Crippen LogP contribution in [0.2, 0.25) is 0 Å². The third-order valence-corrected chi connectivity index (χ3v) is 10.8. The summed E-state index contributed by atoms with van der Waals surface area (Å²) in [6.07, 6.45) is 10.6. The van der Waals surface area contributed by atoms with Gasteiger partial charge in [-0.25, -0.2) is 0 Å². The number of piperidine rings is 2. The smallest absolute Gasteiger partial charge is 0.283 e. The zero-order valence-electron chi connectivity index (χ0n) is 32.9. The molecular formula is C38H46N12O8S. The van der Waals surface area contributed by atoms with Crippen molar-refractivity contribution >= 4 is 47.1 Å². The predicted octanol–water partition coefficient (Wildman–Crippen LogP) is 5.23. The van der Waals surface area contributed by atoms with E-state index in [0.29, 0.717) is 62.2 Å². The van der Waals surface area contributed by atoms with E-state index in [-0.39, 0.29) is 58.3 Å². The van der Waals surface area contributed by atoms with E-state index in [1.54, 1.807) is 21.9 Å². The topological polar surface area (TPSA) is 233 Å². The number of tetrazole rings is 2. The Morgan fingerprint density at radius 1 is 0.746 bits per heavy atom. The molecule has 0 spiro atoms. The van der Waals surface area contributed by atoms with Crippen LogP contribution in [0.4, 0.5) is 11.4 Å². The van der Waals surface area contributed by atoms with Crippen LogP contribution >= 0.6 is 11.8 Å². The number of ether oxygens (including phenoxy) is 2. The second-order valence-corrected chi connectivity index (χ2v) is 15.2. The van der Waals surface area contributed by atoms with Gasteiger partial charge in [-0.15, -0.1) is 30.0 Å². The van der Waals surface area contributed by atoms with Crippen molar-refractivity contribution in [2.75, 3.05) is 39.4 Å². The molecule has 2 aliphatic rings. The predicted molar refractivity (Wildman–Crippen MR) is 214 cm³/mol. The zero-order valence-corrected chi connectivity index (χ0v) is 33.7. The summed E-state index contributed by atoms with van der Waals surface area (Å²) in [5.41, 5.74) is 0.287. The number of amides is 2. The Balaban J connectivity index is 1.07. The van der Waals surface area contributed by atoms with E-state index in [9.17, 15) is 29.8 Å². The number of benzene rings is 2. The molecule has 6 rings (SSSR count). The maximum Gasteiger partial charge on any atom is 0.283 e. The minimum absolute atomic E-state index is 0.0852. The number of nitro groups is 2. The Labute approximate surface area is 343 Å². The second kappa shape index (κ2) is 20.7. The lowest BCUT2D eigenvalue weighted by atomic mass is 9.97. The van der Waals surface area contributed by atoms with Crippen LogP contribution < -0.4 is 0 Å². The zero-order chi connectivity index (χ0) is 41.7. The minimum atomic E-state index is -0.565. The highest BCUT2D eigenvalue weighted by Gasteiger charge is 2.29. The van der Waals surface area contributed by atoms with Crippen LogP contribution in [0.3, 0.4) is 0 Å². The summed E-state index contributed by atoms with van der Waals surface area (Å²) in [6, 6.07) is 8.88. The number of carbonyl (C=O) groups is 2. The van der Waals surface area contributed by atoms with Crippen LogP contribution in [-0.4, -0.2) is 111 Å². The van der Waals surface area contributed by atoms with Crippen molar-refractivity contribution in [3.05, 3.63) is 91.6 Å². The SMILES string of the molecule is CCCOCn1nnc(C2CCCN(C(=O)/C=C/c3ccc(Sc4ccc(/C=C/C(=O)N5CCCC(c6nnn(COCCC)n6)C5)cc4[N+](=O)[O-])c([N+](=O)[O-])c3)C2)n1. The van der Waals surface area contributed by atoms with Crippen LogP contribution in [0.5, 0.6) is 0 Å². The Bertz CT molecular complexity index is 2020. The molecule has 21 heteroatoms. The molecule has 59 heavy (non-hydrogen) atoms. The normalized spacial score (nSPS) is 17.3. The van der Waals surface area contributed by atoms with Crippen LogP contribution in [-0.2, 0) is 32.5 Å². The largest absolute Gasteiger partial charge is 0.357 e. The molecule has 2 saturated heterocycles. The quantitative estimate of drug-likeness (QED) is 0.0540. The van der Waals surface area contributed by atoms with Crippen LogP contribution in [0.1, 0.15) is 87.0 Å². The van der Waals surface area contributed by atoms with Gasteiger partial charge in [-0.1, -0.05) is 37.7 Å². The highest BCUT2D eigenvalue weighted by atomic mass is 32.2. The molecule has 2 unspecified atom stereocenters. The summed E-state index contributed by atoms with van der Waals surface area (Å²) in [5.74, 6) is 0.408. The first-order valence-corrected chi connectivity index (χ1v) is 20.3. The van der Waals surface area contributed by atoms with Gasteiger partial charge in [0.25, 0.3) is 11.4 Å². The molecule has 4 aromatic rings. The molecule has 0 bridgehead atoms. The number of hydrogen-bond acceptors (Lipinski definition) is 15. The molecule has 2 amide bonds. The summed E-state index contributed by atoms with van der Waals surface area (Å²) in [5, 5.41) is 49.6. The van der Waals surface area contributed by atoms with Gasteiger partial charge in [0.1, 0.15) is 0 Å². The van der Waals surface area contributed by atoms with Crippen molar-refractivity contribution in [1.82, 2.24) is 50.2 Å². The number of nitrogens with zero attached hydrogens (tertiary/aromatic N) is 12. The van der Waals surface area contributed by atoms with E-state index >= 15 is 0 Å². The average Bonchev–Trinajstić information content (AvgIpc) is 3.93. The molecule has 0 saturated carbocycles. The van der Waals surface area contributed by atoms with E-state index in [1.807, 2.05) is 13.8 Å². The number of hydrogen-bond donors (Lipinski definition) is 0. The maximum atomic E-state index is 13.2. The number of likely N-dealkylation sites (tertiary alicyclic amines) is 2.